The summed E-state index contributed by atoms with van der Waals surface area (Å²) in [4.78, 5) is 33.8. The second-order valence-electron chi connectivity index (χ2n) is 10.2. The van der Waals surface area contributed by atoms with Crippen LogP contribution in [0, 0.1) is 23.7 Å². The van der Waals surface area contributed by atoms with Crippen LogP contribution in [0.2, 0.25) is 0 Å². The fraction of sp³-hybridized carbons (Fsp3) is 0.538. The van der Waals surface area contributed by atoms with Crippen molar-refractivity contribution in [1.82, 2.24) is 30.4 Å². The van der Waals surface area contributed by atoms with Gasteiger partial charge in [0.05, 0.1) is 17.1 Å². The molecule has 2 saturated carbocycles. The van der Waals surface area contributed by atoms with Crippen molar-refractivity contribution in [2.45, 2.75) is 58.0 Å². The lowest BCUT2D eigenvalue weighted by Gasteiger charge is -2.27. The number of imidazole rings is 1. The minimum absolute atomic E-state index is 0.0457. The summed E-state index contributed by atoms with van der Waals surface area (Å²) in [6.45, 7) is 3.41. The summed E-state index contributed by atoms with van der Waals surface area (Å²) in [5.74, 6) is 2.65. The first-order valence-corrected chi connectivity index (χ1v) is 12.7. The average molecular weight is 461 g/mol. The van der Waals surface area contributed by atoms with E-state index in [1.165, 1.54) is 25.7 Å². The Hall–Kier alpha value is -3.16. The van der Waals surface area contributed by atoms with Crippen molar-refractivity contribution in [3.63, 3.8) is 0 Å². The highest BCUT2D eigenvalue weighted by Crippen LogP contribution is 2.54. The normalized spacial score (nSPS) is 21.2. The summed E-state index contributed by atoms with van der Waals surface area (Å²) in [5, 5.41) is 10.5. The largest absolute Gasteiger partial charge is 0.356 e. The lowest BCUT2D eigenvalue weighted by Crippen LogP contribution is -2.37. The third kappa shape index (κ3) is 4.10. The van der Waals surface area contributed by atoms with Crippen LogP contribution in [0.3, 0.4) is 0 Å². The first-order chi connectivity index (χ1) is 16.6. The molecule has 3 fully saturated rings. The van der Waals surface area contributed by atoms with Gasteiger partial charge in [-0.15, -0.1) is 0 Å². The monoisotopic (exact) mass is 460 g/mol. The molecule has 178 valence electrons. The number of H-pyrrole nitrogens is 1. The number of benzene rings is 1. The fourth-order valence-corrected chi connectivity index (χ4v) is 5.71. The van der Waals surface area contributed by atoms with E-state index in [0.717, 1.165) is 41.8 Å². The number of aryl methyl sites for hydroxylation is 1. The van der Waals surface area contributed by atoms with Crippen LogP contribution >= 0.6 is 0 Å². The maximum atomic E-state index is 13.3. The Kier molecular flexibility index (Phi) is 5.38. The molecule has 2 amide bonds. The van der Waals surface area contributed by atoms with Crippen LogP contribution in [-0.2, 0) is 17.8 Å². The molecular formula is C26H32N6O2. The predicted octanol–water partition coefficient (Wildman–Crippen LogP) is 3.37. The second-order valence-corrected chi connectivity index (χ2v) is 10.2. The van der Waals surface area contributed by atoms with Gasteiger partial charge in [-0.25, -0.2) is 4.98 Å². The number of carbonyl (C=O) groups is 2. The lowest BCUT2D eigenvalue weighted by molar-refractivity contribution is -0.122. The number of aromatic amines is 1. The van der Waals surface area contributed by atoms with Crippen LogP contribution in [0.25, 0.3) is 11.0 Å². The molecule has 2 aromatic heterocycles. The Balaban J connectivity index is 1.31. The number of fused-ring (bicyclic) bond motifs is 1. The van der Waals surface area contributed by atoms with Crippen molar-refractivity contribution in [2.75, 3.05) is 6.54 Å². The third-order valence-corrected chi connectivity index (χ3v) is 7.76. The topological polar surface area (TPSA) is 105 Å². The molecule has 1 aliphatic heterocycles. The van der Waals surface area contributed by atoms with Gasteiger partial charge in [-0.2, -0.15) is 5.10 Å². The van der Waals surface area contributed by atoms with Crippen LogP contribution in [0.1, 0.15) is 66.9 Å². The molecule has 3 aromatic rings. The molecule has 0 radical (unpaired) electrons. The van der Waals surface area contributed by atoms with Gasteiger partial charge in [0.2, 0.25) is 5.91 Å². The number of aromatic nitrogens is 4. The van der Waals surface area contributed by atoms with E-state index < -0.39 is 0 Å². The molecule has 3 N–H and O–H groups in total. The number of hydrogen-bond acceptors (Lipinski definition) is 4. The Bertz CT molecular complexity index is 1210. The minimum atomic E-state index is -0.149. The molecule has 34 heavy (non-hydrogen) atoms. The van der Waals surface area contributed by atoms with Crippen LogP contribution in [0.15, 0.2) is 30.5 Å². The summed E-state index contributed by atoms with van der Waals surface area (Å²) in [5.41, 5.74) is 3.59. The summed E-state index contributed by atoms with van der Waals surface area (Å²) < 4.78 is 1.74. The van der Waals surface area contributed by atoms with Gasteiger partial charge in [-0.05, 0) is 87.0 Å². The second kappa shape index (κ2) is 8.56. The molecule has 3 heterocycles. The zero-order valence-corrected chi connectivity index (χ0v) is 19.6. The smallest absolute Gasteiger partial charge is 0.270 e. The Morgan fingerprint density at radius 3 is 2.65 bits per heavy atom. The summed E-state index contributed by atoms with van der Waals surface area (Å²) in [6, 6.07) is 7.86. The van der Waals surface area contributed by atoms with E-state index in [1.54, 1.807) is 16.9 Å². The molecule has 8 heteroatoms. The standard InChI is InChI=1S/C26H32N6O2/c1-2-32-21(10-12-28-32)26(34)31-23(22(16-4-5-16)17-6-7-17)24-29-19-8-3-15(14-20(19)30-24)13-18-9-11-27-25(18)33/h3,8,10,12,14,16-18,22-23H,2,4-7,9,11,13H2,1H3,(H,27,33)(H,29,30)(H,31,34). The first kappa shape index (κ1) is 21.4. The SMILES string of the molecule is CCn1nccc1C(=O)NC(c1nc2ccc(CC3CCNC3=O)cc2[nH]1)C(C1CC1)C1CC1. The van der Waals surface area contributed by atoms with Crippen molar-refractivity contribution < 1.29 is 9.59 Å². The first-order valence-electron chi connectivity index (χ1n) is 12.7. The maximum absolute atomic E-state index is 13.3. The summed E-state index contributed by atoms with van der Waals surface area (Å²) in [6.07, 6.45) is 8.23. The molecule has 2 unspecified atom stereocenters. The van der Waals surface area contributed by atoms with E-state index in [0.29, 0.717) is 30.0 Å². The van der Waals surface area contributed by atoms with Gasteiger partial charge in [0.25, 0.3) is 5.91 Å². The molecule has 2 aliphatic carbocycles. The van der Waals surface area contributed by atoms with E-state index in [-0.39, 0.29) is 23.8 Å². The van der Waals surface area contributed by atoms with E-state index in [1.807, 2.05) is 13.0 Å². The molecule has 2 atom stereocenters. The van der Waals surface area contributed by atoms with E-state index in [9.17, 15) is 9.59 Å². The molecule has 0 bridgehead atoms. The highest BCUT2D eigenvalue weighted by Gasteiger charge is 2.47. The molecular weight excluding hydrogens is 428 g/mol. The fourth-order valence-electron chi connectivity index (χ4n) is 5.71. The highest BCUT2D eigenvalue weighted by atomic mass is 16.2. The molecule has 0 spiro atoms. The average Bonchev–Trinajstić information content (AvgIpc) is 3.72. The number of hydrogen-bond donors (Lipinski definition) is 3. The van der Waals surface area contributed by atoms with Crippen molar-refractivity contribution in [2.24, 2.45) is 23.7 Å². The Labute approximate surface area is 198 Å². The van der Waals surface area contributed by atoms with Gasteiger partial charge in [-0.1, -0.05) is 6.07 Å². The van der Waals surface area contributed by atoms with Gasteiger partial charge < -0.3 is 15.6 Å². The van der Waals surface area contributed by atoms with E-state index >= 15 is 0 Å². The molecule has 1 aromatic carbocycles. The summed E-state index contributed by atoms with van der Waals surface area (Å²) >= 11 is 0. The van der Waals surface area contributed by atoms with Gasteiger partial charge >= 0.3 is 0 Å². The van der Waals surface area contributed by atoms with Gasteiger partial charge in [0.15, 0.2) is 0 Å². The lowest BCUT2D eigenvalue weighted by atomic mass is 9.88. The van der Waals surface area contributed by atoms with Crippen LogP contribution < -0.4 is 10.6 Å². The molecule has 1 saturated heterocycles. The van der Waals surface area contributed by atoms with Crippen LogP contribution in [0.4, 0.5) is 0 Å². The van der Waals surface area contributed by atoms with Crippen molar-refractivity contribution >= 4 is 22.8 Å². The molecule has 8 nitrogen and oxygen atoms in total. The number of carbonyl (C=O) groups excluding carboxylic acids is 2. The van der Waals surface area contributed by atoms with Gasteiger partial charge in [0, 0.05) is 25.2 Å². The number of nitrogens with zero attached hydrogens (tertiary/aromatic N) is 3. The zero-order chi connectivity index (χ0) is 23.2. The predicted molar refractivity (Wildman–Crippen MR) is 128 cm³/mol. The quantitative estimate of drug-likeness (QED) is 0.455. The van der Waals surface area contributed by atoms with Gasteiger partial charge in [-0.3, -0.25) is 14.3 Å². The van der Waals surface area contributed by atoms with E-state index in [2.05, 4.69) is 32.8 Å². The van der Waals surface area contributed by atoms with Crippen LogP contribution in [0.5, 0.6) is 0 Å². The minimum Gasteiger partial charge on any atom is -0.356 e. The van der Waals surface area contributed by atoms with Crippen molar-refractivity contribution in [1.29, 1.82) is 0 Å². The zero-order valence-electron chi connectivity index (χ0n) is 19.6. The van der Waals surface area contributed by atoms with Crippen molar-refractivity contribution in [3.8, 4) is 0 Å². The Morgan fingerprint density at radius 1 is 1.18 bits per heavy atom. The summed E-state index contributed by atoms with van der Waals surface area (Å²) in [7, 11) is 0. The van der Waals surface area contributed by atoms with Gasteiger partial charge in [0.1, 0.15) is 11.5 Å². The van der Waals surface area contributed by atoms with E-state index in [4.69, 9.17) is 4.98 Å². The number of amides is 2. The van der Waals surface area contributed by atoms with Crippen LogP contribution in [-0.4, -0.2) is 38.1 Å². The van der Waals surface area contributed by atoms with Crippen molar-refractivity contribution in [3.05, 3.63) is 47.5 Å². The molecule has 3 aliphatic rings. The maximum Gasteiger partial charge on any atom is 0.270 e. The highest BCUT2D eigenvalue weighted by molar-refractivity contribution is 5.92. The third-order valence-electron chi connectivity index (χ3n) is 7.76. The number of nitrogens with one attached hydrogen (secondary N) is 3. The Morgan fingerprint density at radius 2 is 1.97 bits per heavy atom. The number of rotatable bonds is 9. The molecule has 6 rings (SSSR count).